The number of amides is 1. The zero-order chi connectivity index (χ0) is 20.8. The second-order valence-electron chi connectivity index (χ2n) is 8.29. The van der Waals surface area contributed by atoms with Gasteiger partial charge in [-0.1, -0.05) is 19.3 Å². The number of nitrogens with one attached hydrogen (secondary N) is 1. The minimum absolute atomic E-state index is 0.0229. The first kappa shape index (κ1) is 21.0. The van der Waals surface area contributed by atoms with Crippen LogP contribution in [0.2, 0.25) is 0 Å². The maximum Gasteiger partial charge on any atom is 0.220 e. The Morgan fingerprint density at radius 1 is 1.13 bits per heavy atom. The summed E-state index contributed by atoms with van der Waals surface area (Å²) in [6, 6.07) is 6.09. The van der Waals surface area contributed by atoms with Crippen molar-refractivity contribution in [2.24, 2.45) is 0 Å². The van der Waals surface area contributed by atoms with Crippen molar-refractivity contribution in [2.45, 2.75) is 50.5 Å². The van der Waals surface area contributed by atoms with Crippen molar-refractivity contribution in [1.82, 2.24) is 15.2 Å². The van der Waals surface area contributed by atoms with E-state index in [4.69, 9.17) is 9.15 Å². The predicted molar refractivity (Wildman–Crippen MR) is 111 cm³/mol. The third kappa shape index (κ3) is 5.08. The summed E-state index contributed by atoms with van der Waals surface area (Å²) in [5.74, 6) is 0.835. The molecule has 2 aromatic rings. The fourth-order valence-electron chi connectivity index (χ4n) is 4.60. The van der Waals surface area contributed by atoms with E-state index in [0.29, 0.717) is 31.0 Å². The number of hydrogen-bond acceptors (Lipinski definition) is 5. The van der Waals surface area contributed by atoms with Crippen LogP contribution in [-0.2, 0) is 16.0 Å². The van der Waals surface area contributed by atoms with Gasteiger partial charge in [-0.05, 0) is 37.1 Å². The zero-order valence-electron chi connectivity index (χ0n) is 17.4. The van der Waals surface area contributed by atoms with E-state index in [-0.39, 0.29) is 17.3 Å². The Labute approximate surface area is 176 Å². The molecular weight excluding hydrogens is 385 g/mol. The van der Waals surface area contributed by atoms with Crippen LogP contribution in [0.4, 0.5) is 4.39 Å². The highest BCUT2D eigenvalue weighted by Gasteiger charge is 2.38. The van der Waals surface area contributed by atoms with Crippen molar-refractivity contribution in [2.75, 3.05) is 32.8 Å². The third-order valence-electron chi connectivity index (χ3n) is 6.33. The summed E-state index contributed by atoms with van der Waals surface area (Å²) in [5, 5.41) is 3.17. The van der Waals surface area contributed by atoms with Gasteiger partial charge < -0.3 is 14.5 Å². The van der Waals surface area contributed by atoms with E-state index in [9.17, 15) is 9.18 Å². The highest BCUT2D eigenvalue weighted by Crippen LogP contribution is 2.34. The molecule has 0 radical (unpaired) electrons. The fourth-order valence-corrected chi connectivity index (χ4v) is 4.60. The smallest absolute Gasteiger partial charge is 0.220 e. The number of carbonyl (C=O) groups excluding carboxylic acids is 1. The molecule has 1 saturated carbocycles. The van der Waals surface area contributed by atoms with E-state index in [0.717, 1.165) is 44.7 Å². The van der Waals surface area contributed by atoms with E-state index in [1.807, 2.05) is 0 Å². The molecule has 4 rings (SSSR count). The normalized spacial score (nSPS) is 19.5. The standard InChI is InChI=1S/C23H30FN3O3/c24-19-6-4-18(5-7-19)20-16-25-22(30-20)9-8-21(28)26-17-23(10-2-1-3-11-23)27-12-14-29-15-13-27/h4-7,16H,1-3,8-15,17H2,(H,26,28). The SMILES string of the molecule is O=C(CCc1ncc(-c2ccc(F)cc2)o1)NCC1(N2CCOCC2)CCCCC1. The molecule has 0 unspecified atom stereocenters. The Morgan fingerprint density at radius 3 is 2.60 bits per heavy atom. The van der Waals surface area contributed by atoms with Gasteiger partial charge in [0.25, 0.3) is 0 Å². The van der Waals surface area contributed by atoms with E-state index in [2.05, 4.69) is 15.2 Å². The quantitative estimate of drug-likeness (QED) is 0.749. The minimum Gasteiger partial charge on any atom is -0.441 e. The first-order valence-corrected chi connectivity index (χ1v) is 10.9. The number of ether oxygens (including phenoxy) is 1. The summed E-state index contributed by atoms with van der Waals surface area (Å²) >= 11 is 0. The predicted octanol–water partition coefficient (Wildman–Crippen LogP) is 3.56. The van der Waals surface area contributed by atoms with Gasteiger partial charge in [0.1, 0.15) is 5.82 Å². The molecule has 0 spiro atoms. The summed E-state index contributed by atoms with van der Waals surface area (Å²) in [6.07, 6.45) is 8.38. The Balaban J connectivity index is 1.29. The van der Waals surface area contributed by atoms with Gasteiger partial charge in [-0.3, -0.25) is 9.69 Å². The molecule has 30 heavy (non-hydrogen) atoms. The maximum atomic E-state index is 13.1. The van der Waals surface area contributed by atoms with Crippen LogP contribution in [0.5, 0.6) is 0 Å². The molecule has 2 heterocycles. The lowest BCUT2D eigenvalue weighted by atomic mass is 9.79. The van der Waals surface area contributed by atoms with Gasteiger partial charge in [0.15, 0.2) is 11.7 Å². The summed E-state index contributed by atoms with van der Waals surface area (Å²) in [6.45, 7) is 4.13. The number of benzene rings is 1. The number of rotatable bonds is 7. The molecule has 1 saturated heterocycles. The van der Waals surface area contributed by atoms with Crippen LogP contribution in [0.15, 0.2) is 34.9 Å². The summed E-state index contributed by atoms with van der Waals surface area (Å²) in [5.41, 5.74) is 0.834. The number of morpholine rings is 1. The number of carbonyl (C=O) groups is 1. The van der Waals surface area contributed by atoms with Gasteiger partial charge in [-0.25, -0.2) is 9.37 Å². The average Bonchev–Trinajstić information content (AvgIpc) is 3.27. The van der Waals surface area contributed by atoms with Crippen LogP contribution in [0, 0.1) is 5.82 Å². The van der Waals surface area contributed by atoms with Gasteiger partial charge in [0.2, 0.25) is 5.91 Å². The van der Waals surface area contributed by atoms with Gasteiger partial charge in [-0.15, -0.1) is 0 Å². The summed E-state index contributed by atoms with van der Waals surface area (Å²) < 4.78 is 24.3. The number of aromatic nitrogens is 1. The number of hydrogen-bond donors (Lipinski definition) is 1. The molecule has 0 atom stereocenters. The molecule has 1 N–H and O–H groups in total. The number of oxazole rings is 1. The monoisotopic (exact) mass is 415 g/mol. The minimum atomic E-state index is -0.289. The topological polar surface area (TPSA) is 67.6 Å². The zero-order valence-corrected chi connectivity index (χ0v) is 17.4. The molecule has 6 nitrogen and oxygen atoms in total. The second-order valence-corrected chi connectivity index (χ2v) is 8.29. The Bertz CT molecular complexity index is 824. The van der Waals surface area contributed by atoms with Crippen molar-refractivity contribution < 1.29 is 18.3 Å². The van der Waals surface area contributed by atoms with Gasteiger partial charge in [-0.2, -0.15) is 0 Å². The van der Waals surface area contributed by atoms with Crippen LogP contribution in [0.1, 0.15) is 44.4 Å². The van der Waals surface area contributed by atoms with Crippen LogP contribution in [-0.4, -0.2) is 54.2 Å². The Kier molecular flexibility index (Phi) is 6.79. The molecule has 1 amide bonds. The molecule has 1 aliphatic carbocycles. The van der Waals surface area contributed by atoms with Crippen molar-refractivity contribution >= 4 is 5.91 Å². The number of halogens is 1. The van der Waals surface area contributed by atoms with Crippen LogP contribution >= 0.6 is 0 Å². The average molecular weight is 416 g/mol. The van der Waals surface area contributed by atoms with E-state index < -0.39 is 0 Å². The van der Waals surface area contributed by atoms with Crippen LogP contribution in [0.3, 0.4) is 0 Å². The Morgan fingerprint density at radius 2 is 1.87 bits per heavy atom. The van der Waals surface area contributed by atoms with Crippen molar-refractivity contribution in [3.63, 3.8) is 0 Å². The molecule has 7 heteroatoms. The van der Waals surface area contributed by atoms with E-state index in [1.165, 1.54) is 31.4 Å². The third-order valence-corrected chi connectivity index (χ3v) is 6.33. The lowest BCUT2D eigenvalue weighted by molar-refractivity contribution is -0.122. The molecule has 2 aliphatic rings. The molecule has 0 bridgehead atoms. The van der Waals surface area contributed by atoms with Crippen molar-refractivity contribution in [1.29, 1.82) is 0 Å². The lowest BCUT2D eigenvalue weighted by Crippen LogP contribution is -2.59. The lowest BCUT2D eigenvalue weighted by Gasteiger charge is -2.48. The highest BCUT2D eigenvalue weighted by molar-refractivity contribution is 5.76. The van der Waals surface area contributed by atoms with Crippen molar-refractivity contribution in [3.8, 4) is 11.3 Å². The van der Waals surface area contributed by atoms with Crippen LogP contribution < -0.4 is 5.32 Å². The number of aryl methyl sites for hydroxylation is 1. The molecule has 1 aromatic heterocycles. The molecule has 1 aromatic carbocycles. The van der Waals surface area contributed by atoms with Crippen LogP contribution in [0.25, 0.3) is 11.3 Å². The molecular formula is C23H30FN3O3. The summed E-state index contributed by atoms with van der Waals surface area (Å²) in [4.78, 5) is 19.3. The Hall–Kier alpha value is -2.25. The number of nitrogens with zero attached hydrogens (tertiary/aromatic N) is 2. The maximum absolute atomic E-state index is 13.1. The van der Waals surface area contributed by atoms with Crippen molar-refractivity contribution in [3.05, 3.63) is 42.2 Å². The molecule has 1 aliphatic heterocycles. The first-order valence-electron chi connectivity index (χ1n) is 10.9. The second kappa shape index (κ2) is 9.71. The van der Waals surface area contributed by atoms with Gasteiger partial charge in [0.05, 0.1) is 19.4 Å². The first-order chi connectivity index (χ1) is 14.6. The fraction of sp³-hybridized carbons (Fsp3) is 0.565. The largest absolute Gasteiger partial charge is 0.441 e. The van der Waals surface area contributed by atoms with E-state index >= 15 is 0 Å². The molecule has 162 valence electrons. The molecule has 2 fully saturated rings. The van der Waals surface area contributed by atoms with E-state index in [1.54, 1.807) is 18.3 Å². The summed E-state index contributed by atoms with van der Waals surface area (Å²) in [7, 11) is 0. The highest BCUT2D eigenvalue weighted by atomic mass is 19.1. The van der Waals surface area contributed by atoms with Gasteiger partial charge >= 0.3 is 0 Å². The van der Waals surface area contributed by atoms with Gasteiger partial charge in [0, 0.05) is 43.6 Å².